The van der Waals surface area contributed by atoms with Crippen LogP contribution in [0.1, 0.15) is 41.5 Å². The van der Waals surface area contributed by atoms with E-state index in [-0.39, 0.29) is 57.1 Å². The SMILES string of the molecule is O=C([N-]S(=O)(=O)CCCN1CCOCC1)Nc1c2c(cc3c1CCC3)CCC2.[K+]. The fraction of sp³-hybridized carbons (Fsp3) is 0.650. The first-order valence-corrected chi connectivity index (χ1v) is 11.9. The third-order valence-electron chi connectivity index (χ3n) is 5.91. The summed E-state index contributed by atoms with van der Waals surface area (Å²) in [6.45, 7) is 3.69. The van der Waals surface area contributed by atoms with Gasteiger partial charge < -0.3 is 14.8 Å². The molecule has 1 fully saturated rings. The van der Waals surface area contributed by atoms with Crippen LogP contribution in [-0.2, 0) is 40.4 Å². The Kier molecular flexibility index (Phi) is 8.60. The Labute approximate surface area is 215 Å². The molecule has 0 saturated carbocycles. The number of fused-ring (bicyclic) bond motifs is 2. The van der Waals surface area contributed by atoms with Crippen molar-refractivity contribution in [3.63, 3.8) is 0 Å². The largest absolute Gasteiger partial charge is 1.00 e. The molecule has 1 aromatic carbocycles. The standard InChI is InChI=1S/C20H29N3O4S.K/c24-20(22-28(25,26)13-3-8-23-9-11-27-12-10-23)21-19-17-6-1-4-15(17)14-16-5-2-7-18(16)19;/h14H,1-13H2,(H2,21,22,24);/q;+1/p-1. The number of morpholine rings is 1. The fourth-order valence-electron chi connectivity index (χ4n) is 4.56. The van der Waals surface area contributed by atoms with Crippen molar-refractivity contribution in [3.8, 4) is 0 Å². The minimum atomic E-state index is -3.77. The average molecular weight is 446 g/mol. The molecule has 0 unspecified atom stereocenters. The maximum absolute atomic E-state index is 12.4. The number of sulfonamides is 1. The number of urea groups is 1. The van der Waals surface area contributed by atoms with Gasteiger partial charge >= 0.3 is 51.4 Å². The minimum Gasteiger partial charge on any atom is -0.423 e. The molecule has 7 nitrogen and oxygen atoms in total. The second-order valence-electron chi connectivity index (χ2n) is 7.85. The number of aryl methyl sites for hydroxylation is 2. The maximum atomic E-state index is 12.4. The summed E-state index contributed by atoms with van der Waals surface area (Å²) >= 11 is 0. The van der Waals surface area contributed by atoms with Gasteiger partial charge in [-0.1, -0.05) is 6.07 Å². The van der Waals surface area contributed by atoms with Gasteiger partial charge in [-0.2, -0.15) is 0 Å². The van der Waals surface area contributed by atoms with Gasteiger partial charge in [0.1, 0.15) is 0 Å². The normalized spacial score (nSPS) is 18.6. The molecule has 1 heterocycles. The van der Waals surface area contributed by atoms with E-state index in [9.17, 15) is 13.2 Å². The van der Waals surface area contributed by atoms with E-state index >= 15 is 0 Å². The molecule has 0 atom stereocenters. The number of carbonyl (C=O) groups excluding carboxylic acids is 1. The zero-order valence-corrected chi connectivity index (χ0v) is 21.1. The summed E-state index contributed by atoms with van der Waals surface area (Å²) in [5, 5.41) is 2.83. The van der Waals surface area contributed by atoms with Gasteiger partial charge in [0.2, 0.25) is 0 Å². The van der Waals surface area contributed by atoms with Gasteiger partial charge in [-0.25, -0.2) is 8.42 Å². The van der Waals surface area contributed by atoms with Crippen LogP contribution in [-0.4, -0.2) is 57.9 Å². The van der Waals surface area contributed by atoms with E-state index in [1.807, 2.05) is 0 Å². The molecule has 9 heteroatoms. The number of nitrogens with zero attached hydrogens (tertiary/aromatic N) is 2. The zero-order valence-electron chi connectivity index (χ0n) is 17.2. The molecular weight excluding hydrogens is 417 g/mol. The summed E-state index contributed by atoms with van der Waals surface area (Å²) in [6.07, 6.45) is 6.56. The molecule has 1 aliphatic heterocycles. The molecule has 0 aromatic heterocycles. The fourth-order valence-corrected chi connectivity index (χ4v) is 5.45. The van der Waals surface area contributed by atoms with Crippen LogP contribution in [0.4, 0.5) is 10.5 Å². The number of nitrogens with one attached hydrogen (secondary N) is 1. The quantitative estimate of drug-likeness (QED) is 0.604. The summed E-state index contributed by atoms with van der Waals surface area (Å²) in [4.78, 5) is 14.6. The minimum absolute atomic E-state index is 0. The molecule has 0 bridgehead atoms. The van der Waals surface area contributed by atoms with Gasteiger partial charge in [-0.3, -0.25) is 9.69 Å². The summed E-state index contributed by atoms with van der Waals surface area (Å²) < 4.78 is 33.3. The predicted molar refractivity (Wildman–Crippen MR) is 109 cm³/mol. The van der Waals surface area contributed by atoms with Crippen LogP contribution in [0.15, 0.2) is 6.07 Å². The maximum Gasteiger partial charge on any atom is 1.00 e. The van der Waals surface area contributed by atoms with Crippen LogP contribution in [0.5, 0.6) is 0 Å². The van der Waals surface area contributed by atoms with E-state index in [1.165, 1.54) is 22.3 Å². The van der Waals surface area contributed by atoms with Crippen molar-refractivity contribution < 1.29 is 69.3 Å². The van der Waals surface area contributed by atoms with Crippen LogP contribution in [0.3, 0.4) is 0 Å². The van der Waals surface area contributed by atoms with Gasteiger partial charge in [0.25, 0.3) is 0 Å². The van der Waals surface area contributed by atoms with Crippen LogP contribution in [0.2, 0.25) is 0 Å². The predicted octanol–water partition coefficient (Wildman–Crippen LogP) is -0.374. The second kappa shape index (κ2) is 10.5. The first kappa shape index (κ1) is 23.7. The van der Waals surface area contributed by atoms with E-state index in [2.05, 4.69) is 21.0 Å². The Bertz CT molecular complexity index is 822. The molecule has 29 heavy (non-hydrogen) atoms. The number of ether oxygens (including phenoxy) is 1. The topological polar surface area (TPSA) is 89.8 Å². The van der Waals surface area contributed by atoms with E-state index in [0.717, 1.165) is 57.3 Å². The molecule has 2 aliphatic carbocycles. The first-order chi connectivity index (χ1) is 13.5. The number of anilines is 1. The Balaban J connectivity index is 0.00000240. The van der Waals surface area contributed by atoms with E-state index in [1.54, 1.807) is 0 Å². The van der Waals surface area contributed by atoms with Gasteiger partial charge in [0, 0.05) is 13.1 Å². The molecule has 0 radical (unpaired) electrons. The van der Waals surface area contributed by atoms with E-state index in [4.69, 9.17) is 4.74 Å². The Morgan fingerprint density at radius 3 is 2.31 bits per heavy atom. The van der Waals surface area contributed by atoms with Crippen LogP contribution >= 0.6 is 0 Å². The van der Waals surface area contributed by atoms with Crippen LogP contribution in [0.25, 0.3) is 4.72 Å². The molecule has 0 spiro atoms. The second-order valence-corrected chi connectivity index (χ2v) is 9.60. The third-order valence-corrected chi connectivity index (χ3v) is 7.16. The smallest absolute Gasteiger partial charge is 0.423 e. The van der Waals surface area contributed by atoms with Crippen molar-refractivity contribution in [2.24, 2.45) is 0 Å². The number of carbonyl (C=O) groups is 1. The van der Waals surface area contributed by atoms with Crippen LogP contribution in [0, 0.1) is 0 Å². The first-order valence-electron chi connectivity index (χ1n) is 10.2. The average Bonchev–Trinajstić information content (AvgIpc) is 3.31. The molecule has 1 saturated heterocycles. The molecule has 2 amide bonds. The Morgan fingerprint density at radius 1 is 1.07 bits per heavy atom. The number of rotatable bonds is 6. The molecule has 3 aliphatic rings. The van der Waals surface area contributed by atoms with Gasteiger partial charge in [0.15, 0.2) is 16.1 Å². The van der Waals surface area contributed by atoms with Crippen molar-refractivity contribution in [1.29, 1.82) is 0 Å². The summed E-state index contributed by atoms with van der Waals surface area (Å²) in [5.41, 5.74) is 5.77. The number of benzene rings is 1. The zero-order chi connectivity index (χ0) is 19.6. The monoisotopic (exact) mass is 445 g/mol. The van der Waals surface area contributed by atoms with Gasteiger partial charge in [-0.15, -0.1) is 0 Å². The van der Waals surface area contributed by atoms with Crippen molar-refractivity contribution in [2.45, 2.75) is 44.9 Å². The molecule has 1 N–H and O–H groups in total. The van der Waals surface area contributed by atoms with Gasteiger partial charge in [-0.05, 0) is 79.4 Å². The summed E-state index contributed by atoms with van der Waals surface area (Å²) in [7, 11) is -3.77. The molecular formula is C20H28KN3O4S. The van der Waals surface area contributed by atoms with E-state index in [0.29, 0.717) is 26.2 Å². The van der Waals surface area contributed by atoms with Crippen molar-refractivity contribution in [1.82, 2.24) is 4.90 Å². The van der Waals surface area contributed by atoms with Crippen molar-refractivity contribution >= 4 is 21.7 Å². The third kappa shape index (κ3) is 6.03. The summed E-state index contributed by atoms with van der Waals surface area (Å²) in [5.74, 6) is -0.108. The van der Waals surface area contributed by atoms with Crippen molar-refractivity contribution in [2.75, 3.05) is 43.9 Å². The van der Waals surface area contributed by atoms with Crippen molar-refractivity contribution in [3.05, 3.63) is 33.0 Å². The van der Waals surface area contributed by atoms with E-state index < -0.39 is 16.1 Å². The van der Waals surface area contributed by atoms with Gasteiger partial charge in [0.05, 0.1) is 19.0 Å². The molecule has 4 rings (SSSR count). The number of amides is 2. The Morgan fingerprint density at radius 2 is 1.69 bits per heavy atom. The van der Waals surface area contributed by atoms with Crippen LogP contribution < -0.4 is 56.7 Å². The number of hydrogen-bond donors (Lipinski definition) is 1. The number of hydrogen-bond acceptors (Lipinski definition) is 5. The molecule has 1 aromatic rings. The summed E-state index contributed by atoms with van der Waals surface area (Å²) in [6, 6.07) is 1.51. The molecule has 154 valence electrons. The Hall–Kier alpha value is -0.00364.